The second-order valence-corrected chi connectivity index (χ2v) is 5.93. The molecule has 0 radical (unpaired) electrons. The van der Waals surface area contributed by atoms with Crippen LogP contribution >= 0.6 is 0 Å². The van der Waals surface area contributed by atoms with Crippen molar-refractivity contribution < 1.29 is 21.8 Å². The number of alkyl halides is 2. The van der Waals surface area contributed by atoms with Crippen molar-refractivity contribution in [2.24, 2.45) is 11.7 Å². The first-order valence-corrected chi connectivity index (χ1v) is 6.78. The maximum absolute atomic E-state index is 13.0. The van der Waals surface area contributed by atoms with Crippen molar-refractivity contribution in [1.29, 1.82) is 0 Å². The number of halogens is 2. The topological polar surface area (TPSA) is 80.4 Å². The summed E-state index contributed by atoms with van der Waals surface area (Å²) in [6.45, 7) is 0. The van der Waals surface area contributed by atoms with E-state index in [2.05, 4.69) is 0 Å². The maximum atomic E-state index is 13.0. The summed E-state index contributed by atoms with van der Waals surface area (Å²) >= 11 is 0. The van der Waals surface area contributed by atoms with Crippen LogP contribution in [-0.4, -0.2) is 24.3 Å². The first-order valence-electron chi connectivity index (χ1n) is 5.34. The summed E-state index contributed by atoms with van der Waals surface area (Å²) < 4.78 is 55.2. The Hall–Kier alpha value is -0.270. The van der Waals surface area contributed by atoms with Crippen LogP contribution in [0.2, 0.25) is 0 Å². The lowest BCUT2D eigenvalue weighted by Crippen LogP contribution is -2.41. The summed E-state index contributed by atoms with van der Waals surface area (Å²) in [4.78, 5) is 0. The Morgan fingerprint density at radius 3 is 2.25 bits per heavy atom. The van der Waals surface area contributed by atoms with Gasteiger partial charge in [0.1, 0.15) is 0 Å². The zero-order valence-corrected chi connectivity index (χ0v) is 9.72. The standard InChI is InChI=1S/C9H17F2NO3S/c10-9(11,16(13,14)15)6-8(12)7-4-2-1-3-5-7/h7-8H,1-6,12H2,(H,13,14,15)/t8-/m0/s1. The summed E-state index contributed by atoms with van der Waals surface area (Å²) in [6, 6.07) is -0.878. The Labute approximate surface area is 94.0 Å². The molecule has 0 aromatic heterocycles. The molecule has 0 spiro atoms. The minimum atomic E-state index is -5.35. The van der Waals surface area contributed by atoms with Gasteiger partial charge in [-0.2, -0.15) is 17.2 Å². The first kappa shape index (κ1) is 13.8. The van der Waals surface area contributed by atoms with Crippen LogP contribution in [0.4, 0.5) is 8.78 Å². The molecule has 0 heterocycles. The van der Waals surface area contributed by atoms with Gasteiger partial charge < -0.3 is 5.73 Å². The van der Waals surface area contributed by atoms with E-state index in [1.807, 2.05) is 0 Å². The van der Waals surface area contributed by atoms with Gasteiger partial charge in [0, 0.05) is 12.5 Å². The molecule has 3 N–H and O–H groups in total. The van der Waals surface area contributed by atoms with Crippen molar-refractivity contribution in [2.45, 2.75) is 49.8 Å². The summed E-state index contributed by atoms with van der Waals surface area (Å²) in [5, 5.41) is -4.14. The van der Waals surface area contributed by atoms with Crippen LogP contribution in [-0.2, 0) is 10.1 Å². The van der Waals surface area contributed by atoms with Crippen LogP contribution in [0, 0.1) is 5.92 Å². The Morgan fingerprint density at radius 1 is 1.31 bits per heavy atom. The second kappa shape index (κ2) is 4.93. The molecular weight excluding hydrogens is 240 g/mol. The highest BCUT2D eigenvalue weighted by Gasteiger charge is 2.46. The molecule has 7 heteroatoms. The average Bonchev–Trinajstić information content (AvgIpc) is 2.16. The van der Waals surface area contributed by atoms with E-state index in [1.165, 1.54) is 0 Å². The molecule has 4 nitrogen and oxygen atoms in total. The molecule has 1 saturated carbocycles. The van der Waals surface area contributed by atoms with E-state index in [9.17, 15) is 17.2 Å². The fraction of sp³-hybridized carbons (Fsp3) is 1.00. The van der Waals surface area contributed by atoms with Crippen LogP contribution in [0.15, 0.2) is 0 Å². The third kappa shape index (κ3) is 3.36. The zero-order chi connectivity index (χ0) is 12.4. The van der Waals surface area contributed by atoms with E-state index in [0.717, 1.165) is 32.1 Å². The minimum absolute atomic E-state index is 0.0682. The summed E-state index contributed by atoms with van der Waals surface area (Å²) in [6.07, 6.45) is 3.45. The van der Waals surface area contributed by atoms with Crippen LogP contribution in [0.5, 0.6) is 0 Å². The average molecular weight is 257 g/mol. The molecule has 0 unspecified atom stereocenters. The lowest BCUT2D eigenvalue weighted by molar-refractivity contribution is 0.0537. The Bertz CT molecular complexity index is 326. The number of hydrogen-bond donors (Lipinski definition) is 2. The molecule has 96 valence electrons. The van der Waals surface area contributed by atoms with E-state index >= 15 is 0 Å². The molecule has 0 aromatic rings. The monoisotopic (exact) mass is 257 g/mol. The molecule has 1 rings (SSSR count). The molecule has 0 amide bonds. The lowest BCUT2D eigenvalue weighted by atomic mass is 9.83. The number of hydrogen-bond acceptors (Lipinski definition) is 3. The van der Waals surface area contributed by atoms with Gasteiger partial charge in [-0.1, -0.05) is 19.3 Å². The SMILES string of the molecule is N[C@@H](CC(F)(F)S(=O)(=O)O)C1CCCCC1. The second-order valence-electron chi connectivity index (χ2n) is 4.38. The van der Waals surface area contributed by atoms with Gasteiger partial charge in [0.15, 0.2) is 0 Å². The van der Waals surface area contributed by atoms with E-state index in [-0.39, 0.29) is 5.92 Å². The fourth-order valence-electron chi connectivity index (χ4n) is 2.11. The van der Waals surface area contributed by atoms with E-state index in [1.54, 1.807) is 0 Å². The van der Waals surface area contributed by atoms with Crippen molar-refractivity contribution in [3.8, 4) is 0 Å². The van der Waals surface area contributed by atoms with E-state index < -0.39 is 27.8 Å². The van der Waals surface area contributed by atoms with Gasteiger partial charge in [-0.25, -0.2) is 0 Å². The molecular formula is C9H17F2NO3S. The van der Waals surface area contributed by atoms with Gasteiger partial charge in [0.05, 0.1) is 0 Å². The zero-order valence-electron chi connectivity index (χ0n) is 8.90. The molecule has 0 aromatic carbocycles. The largest absolute Gasteiger partial charge is 0.371 e. The van der Waals surface area contributed by atoms with Crippen molar-refractivity contribution in [1.82, 2.24) is 0 Å². The van der Waals surface area contributed by atoms with Crippen LogP contribution in [0.25, 0.3) is 0 Å². The molecule has 16 heavy (non-hydrogen) atoms. The number of rotatable bonds is 4. The van der Waals surface area contributed by atoms with Crippen molar-refractivity contribution in [2.75, 3.05) is 0 Å². The third-order valence-corrected chi connectivity index (χ3v) is 4.03. The Kier molecular flexibility index (Phi) is 4.25. The highest BCUT2D eigenvalue weighted by atomic mass is 32.2. The quantitative estimate of drug-likeness (QED) is 0.752. The van der Waals surface area contributed by atoms with Crippen LogP contribution in [0.1, 0.15) is 38.5 Å². The maximum Gasteiger partial charge on any atom is 0.371 e. The predicted molar refractivity (Wildman–Crippen MR) is 55.7 cm³/mol. The van der Waals surface area contributed by atoms with Gasteiger partial charge in [-0.3, -0.25) is 4.55 Å². The molecule has 1 aliphatic rings. The molecule has 1 aliphatic carbocycles. The highest BCUT2D eigenvalue weighted by Crippen LogP contribution is 2.32. The van der Waals surface area contributed by atoms with Gasteiger partial charge in [0.2, 0.25) is 0 Å². The van der Waals surface area contributed by atoms with E-state index in [4.69, 9.17) is 10.3 Å². The molecule has 1 fully saturated rings. The van der Waals surface area contributed by atoms with Gasteiger partial charge in [-0.05, 0) is 18.8 Å². The molecule has 0 aliphatic heterocycles. The number of nitrogens with two attached hydrogens (primary N) is 1. The first-order chi connectivity index (χ1) is 7.24. The molecule has 0 bridgehead atoms. The van der Waals surface area contributed by atoms with E-state index in [0.29, 0.717) is 0 Å². The Balaban J connectivity index is 2.59. The van der Waals surface area contributed by atoms with Crippen molar-refractivity contribution in [3.63, 3.8) is 0 Å². The predicted octanol–water partition coefficient (Wildman–Crippen LogP) is 1.76. The third-order valence-electron chi connectivity index (χ3n) is 3.11. The van der Waals surface area contributed by atoms with Crippen LogP contribution < -0.4 is 5.73 Å². The minimum Gasteiger partial charge on any atom is -0.327 e. The van der Waals surface area contributed by atoms with Gasteiger partial charge >= 0.3 is 15.4 Å². The van der Waals surface area contributed by atoms with Gasteiger partial charge in [-0.15, -0.1) is 0 Å². The molecule has 1 atom stereocenters. The van der Waals surface area contributed by atoms with Gasteiger partial charge in [0.25, 0.3) is 0 Å². The Morgan fingerprint density at radius 2 is 1.81 bits per heavy atom. The summed E-state index contributed by atoms with van der Waals surface area (Å²) in [7, 11) is -5.35. The summed E-state index contributed by atoms with van der Waals surface area (Å²) in [5.41, 5.74) is 5.58. The smallest absolute Gasteiger partial charge is 0.327 e. The normalized spacial score (nSPS) is 22.0. The fourth-order valence-corrected chi connectivity index (χ4v) is 2.51. The highest BCUT2D eigenvalue weighted by molar-refractivity contribution is 7.86. The molecule has 0 saturated heterocycles. The lowest BCUT2D eigenvalue weighted by Gasteiger charge is -2.29. The van der Waals surface area contributed by atoms with Crippen LogP contribution in [0.3, 0.4) is 0 Å². The summed E-state index contributed by atoms with van der Waals surface area (Å²) in [5.74, 6) is -0.0682. The van der Waals surface area contributed by atoms with Crippen molar-refractivity contribution >= 4 is 10.1 Å². The van der Waals surface area contributed by atoms with Crippen molar-refractivity contribution in [3.05, 3.63) is 0 Å².